The van der Waals surface area contributed by atoms with Crippen LogP contribution in [0.3, 0.4) is 0 Å². The first kappa shape index (κ1) is 18.7. The molecule has 3 unspecified atom stereocenters. The van der Waals surface area contributed by atoms with Crippen molar-refractivity contribution in [2.45, 2.75) is 52.2 Å². The first-order valence-electron chi connectivity index (χ1n) is 9.58. The summed E-state index contributed by atoms with van der Waals surface area (Å²) in [5.74, 6) is -0.412. The molecule has 1 N–H and O–H groups in total. The first-order chi connectivity index (χ1) is 12.5. The van der Waals surface area contributed by atoms with Crippen LogP contribution in [-0.4, -0.2) is 22.0 Å². The van der Waals surface area contributed by atoms with Gasteiger partial charge in [-0.1, -0.05) is 74.0 Å². The van der Waals surface area contributed by atoms with E-state index in [4.69, 9.17) is 0 Å². The van der Waals surface area contributed by atoms with Crippen molar-refractivity contribution in [3.05, 3.63) is 71.8 Å². The maximum atomic E-state index is 12.0. The number of aliphatic carboxylic acids is 1. The summed E-state index contributed by atoms with van der Waals surface area (Å²) in [6.45, 7) is 5.76. The van der Waals surface area contributed by atoms with Crippen LogP contribution < -0.4 is 0 Å². The van der Waals surface area contributed by atoms with E-state index in [-0.39, 0.29) is 5.92 Å². The van der Waals surface area contributed by atoms with Gasteiger partial charge in [0, 0.05) is 19.1 Å². The molecule has 1 fully saturated rings. The highest BCUT2D eigenvalue weighted by Gasteiger charge is 2.49. The Morgan fingerprint density at radius 3 is 1.92 bits per heavy atom. The maximum Gasteiger partial charge on any atom is 0.309 e. The van der Waals surface area contributed by atoms with E-state index in [1.165, 1.54) is 11.1 Å². The Balaban J connectivity index is 1.84. The van der Waals surface area contributed by atoms with E-state index < -0.39 is 11.4 Å². The molecule has 1 aliphatic rings. The van der Waals surface area contributed by atoms with Gasteiger partial charge >= 0.3 is 5.97 Å². The summed E-state index contributed by atoms with van der Waals surface area (Å²) in [5.41, 5.74) is 1.94. The highest BCUT2D eigenvalue weighted by molar-refractivity contribution is 5.75. The summed E-state index contributed by atoms with van der Waals surface area (Å²) in [7, 11) is 0. The number of hydrogen-bond acceptors (Lipinski definition) is 2. The third-order valence-corrected chi connectivity index (χ3v) is 6.07. The summed E-state index contributed by atoms with van der Waals surface area (Å²) >= 11 is 0. The quantitative estimate of drug-likeness (QED) is 0.766. The third-order valence-electron chi connectivity index (χ3n) is 6.07. The number of rotatable bonds is 7. The van der Waals surface area contributed by atoms with Crippen molar-refractivity contribution in [1.29, 1.82) is 0 Å². The smallest absolute Gasteiger partial charge is 0.309 e. The lowest BCUT2D eigenvalue weighted by molar-refractivity contribution is -0.150. The molecule has 3 nitrogen and oxygen atoms in total. The van der Waals surface area contributed by atoms with Gasteiger partial charge in [0.05, 0.1) is 5.41 Å². The van der Waals surface area contributed by atoms with Gasteiger partial charge in [0.1, 0.15) is 0 Å². The van der Waals surface area contributed by atoms with Gasteiger partial charge in [0.2, 0.25) is 0 Å². The van der Waals surface area contributed by atoms with Crippen molar-refractivity contribution in [3.63, 3.8) is 0 Å². The normalized spacial score (nSPS) is 25.5. The summed E-state index contributed by atoms with van der Waals surface area (Å²) in [5, 5.41) is 9.83. The molecule has 3 heteroatoms. The number of hydrogen-bond donors (Lipinski definition) is 1. The average molecular weight is 351 g/mol. The van der Waals surface area contributed by atoms with Crippen molar-refractivity contribution in [2.75, 3.05) is 0 Å². The molecular formula is C23H29NO2. The zero-order valence-corrected chi connectivity index (χ0v) is 15.8. The molecule has 0 aromatic heterocycles. The van der Waals surface area contributed by atoms with Crippen LogP contribution in [0.15, 0.2) is 60.7 Å². The van der Waals surface area contributed by atoms with Crippen molar-refractivity contribution < 1.29 is 9.90 Å². The molecule has 3 atom stereocenters. The van der Waals surface area contributed by atoms with E-state index in [9.17, 15) is 9.90 Å². The molecule has 0 bridgehead atoms. The number of carboxylic acid groups (broad SMARTS) is 1. The first-order valence-corrected chi connectivity index (χ1v) is 9.58. The highest BCUT2D eigenvalue weighted by atomic mass is 16.4. The Kier molecular flexibility index (Phi) is 5.77. The van der Waals surface area contributed by atoms with Crippen molar-refractivity contribution in [1.82, 2.24) is 4.90 Å². The second kappa shape index (κ2) is 8.05. The van der Waals surface area contributed by atoms with Crippen molar-refractivity contribution in [2.24, 2.45) is 11.3 Å². The lowest BCUT2D eigenvalue weighted by atomic mass is 9.78. The van der Waals surface area contributed by atoms with E-state index in [1.807, 2.05) is 19.1 Å². The van der Waals surface area contributed by atoms with Crippen molar-refractivity contribution >= 4 is 5.97 Å². The van der Waals surface area contributed by atoms with Gasteiger partial charge in [0.15, 0.2) is 0 Å². The van der Waals surface area contributed by atoms with E-state index in [0.717, 1.165) is 32.4 Å². The number of nitrogens with zero attached hydrogens (tertiary/aromatic N) is 1. The predicted molar refractivity (Wildman–Crippen MR) is 105 cm³/mol. The van der Waals surface area contributed by atoms with Gasteiger partial charge in [-0.3, -0.25) is 9.69 Å². The maximum absolute atomic E-state index is 12.0. The number of carbonyl (C=O) groups is 1. The second-order valence-corrected chi connectivity index (χ2v) is 7.80. The van der Waals surface area contributed by atoms with E-state index in [0.29, 0.717) is 6.04 Å². The minimum absolute atomic E-state index is 0.235. The monoisotopic (exact) mass is 351 g/mol. The minimum Gasteiger partial charge on any atom is -0.481 e. The molecule has 3 rings (SSSR count). The topological polar surface area (TPSA) is 40.5 Å². The van der Waals surface area contributed by atoms with Crippen LogP contribution >= 0.6 is 0 Å². The summed E-state index contributed by atoms with van der Waals surface area (Å²) in [6, 6.07) is 21.3. The van der Waals surface area contributed by atoms with Crippen LogP contribution in [0.1, 0.15) is 44.2 Å². The SMILES string of the molecule is CCC1CC(N(Cc2ccccc2)Cc2ccccc2)CC1(C)C(=O)O. The fraction of sp³-hybridized carbons (Fsp3) is 0.435. The van der Waals surface area contributed by atoms with Crippen LogP contribution in [-0.2, 0) is 17.9 Å². The number of benzene rings is 2. The van der Waals surface area contributed by atoms with Crippen LogP contribution in [0, 0.1) is 11.3 Å². The van der Waals surface area contributed by atoms with Crippen molar-refractivity contribution in [3.8, 4) is 0 Å². The van der Waals surface area contributed by atoms with Gasteiger partial charge in [-0.15, -0.1) is 0 Å². The molecular weight excluding hydrogens is 322 g/mol. The average Bonchev–Trinajstić information content (AvgIpc) is 3.01. The van der Waals surface area contributed by atoms with Crippen LogP contribution in [0.4, 0.5) is 0 Å². The fourth-order valence-corrected chi connectivity index (χ4v) is 4.44. The molecule has 26 heavy (non-hydrogen) atoms. The van der Waals surface area contributed by atoms with Crippen LogP contribution in [0.25, 0.3) is 0 Å². The Labute approximate surface area is 156 Å². The lowest BCUT2D eigenvalue weighted by Crippen LogP contribution is -2.35. The summed E-state index contributed by atoms with van der Waals surface area (Å²) < 4.78 is 0. The van der Waals surface area contributed by atoms with Gasteiger partial charge in [-0.05, 0) is 36.8 Å². The molecule has 138 valence electrons. The molecule has 0 saturated heterocycles. The van der Waals surface area contributed by atoms with Gasteiger partial charge in [-0.2, -0.15) is 0 Å². The van der Waals surface area contributed by atoms with Crippen LogP contribution in [0.5, 0.6) is 0 Å². The molecule has 0 spiro atoms. The van der Waals surface area contributed by atoms with Gasteiger partial charge in [0.25, 0.3) is 0 Å². The Hall–Kier alpha value is -2.13. The van der Waals surface area contributed by atoms with Gasteiger partial charge in [-0.25, -0.2) is 0 Å². The van der Waals surface area contributed by atoms with Gasteiger partial charge < -0.3 is 5.11 Å². The molecule has 1 saturated carbocycles. The molecule has 2 aromatic rings. The second-order valence-electron chi connectivity index (χ2n) is 7.80. The number of carboxylic acids is 1. The predicted octanol–water partition coefficient (Wildman–Crippen LogP) is 4.97. The van der Waals surface area contributed by atoms with E-state index >= 15 is 0 Å². The third kappa shape index (κ3) is 3.99. The summed E-state index contributed by atoms with van der Waals surface area (Å²) in [6.07, 6.45) is 2.60. The molecule has 1 aliphatic carbocycles. The fourth-order valence-electron chi connectivity index (χ4n) is 4.44. The standard InChI is InChI=1S/C23H29NO2/c1-3-20-14-21(15-23(20,2)22(25)26)24(16-18-10-6-4-7-11-18)17-19-12-8-5-9-13-19/h4-13,20-21H,3,14-17H2,1-2H3,(H,25,26). The van der Waals surface area contributed by atoms with E-state index in [1.54, 1.807) is 0 Å². The van der Waals surface area contributed by atoms with E-state index in [2.05, 4.69) is 60.4 Å². The zero-order chi connectivity index (χ0) is 18.6. The summed E-state index contributed by atoms with van der Waals surface area (Å²) in [4.78, 5) is 14.4. The molecule has 0 radical (unpaired) electrons. The largest absolute Gasteiger partial charge is 0.481 e. The highest BCUT2D eigenvalue weighted by Crippen LogP contribution is 2.47. The Morgan fingerprint density at radius 1 is 1.04 bits per heavy atom. The molecule has 0 amide bonds. The lowest BCUT2D eigenvalue weighted by Gasteiger charge is -2.30. The zero-order valence-electron chi connectivity index (χ0n) is 15.8. The molecule has 0 aliphatic heterocycles. The molecule has 2 aromatic carbocycles. The Morgan fingerprint density at radius 2 is 1.54 bits per heavy atom. The minimum atomic E-state index is -0.647. The Bertz CT molecular complexity index is 674. The van der Waals surface area contributed by atoms with Crippen LogP contribution in [0.2, 0.25) is 0 Å². The molecule has 0 heterocycles.